The van der Waals surface area contributed by atoms with Crippen LogP contribution in [0.4, 0.5) is 0 Å². The molecule has 0 radical (unpaired) electrons. The maximum absolute atomic E-state index is 6.27. The number of fused-ring (bicyclic) bond motifs is 2. The predicted molar refractivity (Wildman–Crippen MR) is 68.6 cm³/mol. The van der Waals surface area contributed by atoms with Crippen molar-refractivity contribution in [3.05, 3.63) is 29.8 Å². The van der Waals surface area contributed by atoms with Gasteiger partial charge in [0.1, 0.15) is 11.4 Å². The quantitative estimate of drug-likeness (QED) is 0.804. The topological polar surface area (TPSA) is 27.7 Å². The summed E-state index contributed by atoms with van der Waals surface area (Å²) in [5.74, 6) is 0.449. The minimum atomic E-state index is -0.416. The second-order valence-electron chi connectivity index (χ2n) is 5.57. The molecule has 0 aliphatic carbocycles. The second kappa shape index (κ2) is 3.97. The summed E-state index contributed by atoms with van der Waals surface area (Å²) in [6.07, 6.45) is 3.34. The lowest BCUT2D eigenvalue weighted by molar-refractivity contribution is -0.189. The highest BCUT2D eigenvalue weighted by Crippen LogP contribution is 2.50. The fraction of sp³-hybridized carbons (Fsp3) is 0.600. The van der Waals surface area contributed by atoms with Crippen LogP contribution >= 0.6 is 0 Å². The molecule has 2 aliphatic rings. The van der Waals surface area contributed by atoms with E-state index in [0.29, 0.717) is 0 Å². The molecule has 3 rings (SSSR count). The molecule has 2 fully saturated rings. The van der Waals surface area contributed by atoms with E-state index in [4.69, 9.17) is 14.2 Å². The lowest BCUT2D eigenvalue weighted by Gasteiger charge is -2.28. The molecule has 1 aromatic carbocycles. The van der Waals surface area contributed by atoms with Gasteiger partial charge in [-0.1, -0.05) is 12.1 Å². The van der Waals surface area contributed by atoms with Crippen LogP contribution < -0.4 is 4.74 Å². The van der Waals surface area contributed by atoms with E-state index in [-0.39, 0.29) is 11.7 Å². The number of methoxy groups -OCH3 is 1. The van der Waals surface area contributed by atoms with Gasteiger partial charge < -0.3 is 14.2 Å². The summed E-state index contributed by atoms with van der Waals surface area (Å²) in [4.78, 5) is 0. The monoisotopic (exact) mass is 248 g/mol. The summed E-state index contributed by atoms with van der Waals surface area (Å²) in [6.45, 7) is 4.17. The van der Waals surface area contributed by atoms with E-state index in [1.54, 1.807) is 7.11 Å². The molecule has 98 valence electrons. The highest BCUT2D eigenvalue weighted by atomic mass is 16.8. The van der Waals surface area contributed by atoms with Gasteiger partial charge in [0, 0.05) is 6.42 Å². The SMILES string of the molecule is COc1cccc([C@]2(C)O[C@]3(C)CCC[C@H]2O3)c1. The molecule has 2 heterocycles. The number of rotatable bonds is 2. The summed E-state index contributed by atoms with van der Waals surface area (Å²) in [6, 6.07) is 8.10. The molecular formula is C15H20O3. The van der Waals surface area contributed by atoms with Crippen molar-refractivity contribution in [2.24, 2.45) is 0 Å². The Balaban J connectivity index is 1.99. The summed E-state index contributed by atoms with van der Waals surface area (Å²) >= 11 is 0. The highest BCUT2D eigenvalue weighted by Gasteiger charge is 2.55. The van der Waals surface area contributed by atoms with Crippen molar-refractivity contribution >= 4 is 0 Å². The second-order valence-corrected chi connectivity index (χ2v) is 5.57. The van der Waals surface area contributed by atoms with Gasteiger partial charge in [0.2, 0.25) is 0 Å². The minimum absolute atomic E-state index is 0.142. The maximum atomic E-state index is 6.27. The van der Waals surface area contributed by atoms with E-state index in [0.717, 1.165) is 24.2 Å². The van der Waals surface area contributed by atoms with Crippen molar-refractivity contribution in [2.45, 2.75) is 50.6 Å². The van der Waals surface area contributed by atoms with Crippen molar-refractivity contribution in [1.82, 2.24) is 0 Å². The third-order valence-corrected chi connectivity index (χ3v) is 4.17. The molecule has 3 atom stereocenters. The zero-order valence-electron chi connectivity index (χ0n) is 11.2. The van der Waals surface area contributed by atoms with Crippen LogP contribution in [0, 0.1) is 0 Å². The molecule has 3 nitrogen and oxygen atoms in total. The fourth-order valence-electron chi connectivity index (χ4n) is 3.18. The van der Waals surface area contributed by atoms with E-state index in [9.17, 15) is 0 Å². The molecule has 18 heavy (non-hydrogen) atoms. The average molecular weight is 248 g/mol. The minimum Gasteiger partial charge on any atom is -0.497 e. The molecule has 0 aromatic heterocycles. The lowest BCUT2D eigenvalue weighted by atomic mass is 9.87. The van der Waals surface area contributed by atoms with Crippen LogP contribution in [0.15, 0.2) is 24.3 Å². The van der Waals surface area contributed by atoms with Crippen molar-refractivity contribution in [1.29, 1.82) is 0 Å². The van der Waals surface area contributed by atoms with E-state index in [1.807, 2.05) is 25.1 Å². The molecule has 2 aliphatic heterocycles. The Kier molecular flexibility index (Phi) is 2.65. The number of hydrogen-bond acceptors (Lipinski definition) is 3. The van der Waals surface area contributed by atoms with Crippen molar-refractivity contribution in [3.8, 4) is 5.75 Å². The predicted octanol–water partition coefficient (Wildman–Crippen LogP) is 3.23. The first-order valence-corrected chi connectivity index (χ1v) is 6.58. The van der Waals surface area contributed by atoms with Gasteiger partial charge in [0.15, 0.2) is 5.79 Å². The van der Waals surface area contributed by atoms with Crippen molar-refractivity contribution in [2.75, 3.05) is 7.11 Å². The van der Waals surface area contributed by atoms with Crippen molar-refractivity contribution in [3.63, 3.8) is 0 Å². The summed E-state index contributed by atoms with van der Waals surface area (Å²) < 4.78 is 17.6. The van der Waals surface area contributed by atoms with Gasteiger partial charge in [-0.15, -0.1) is 0 Å². The van der Waals surface area contributed by atoms with Gasteiger partial charge >= 0.3 is 0 Å². The van der Waals surface area contributed by atoms with E-state index in [1.165, 1.54) is 6.42 Å². The first-order valence-electron chi connectivity index (χ1n) is 6.58. The Morgan fingerprint density at radius 1 is 1.33 bits per heavy atom. The number of ether oxygens (including phenoxy) is 3. The molecule has 0 saturated carbocycles. The standard InChI is InChI=1S/C15H20O3/c1-14-9-5-8-13(17-14)15(2,18-14)11-6-4-7-12(10-11)16-3/h4,6-7,10,13H,5,8-9H2,1-3H3/t13-,14-,15+/m1/s1. The van der Waals surface area contributed by atoms with Crippen molar-refractivity contribution < 1.29 is 14.2 Å². The molecule has 2 saturated heterocycles. The van der Waals surface area contributed by atoms with Crippen LogP contribution in [0.1, 0.15) is 38.7 Å². The summed E-state index contributed by atoms with van der Waals surface area (Å²) in [5.41, 5.74) is 0.775. The lowest BCUT2D eigenvalue weighted by Crippen LogP contribution is -2.33. The zero-order chi connectivity index (χ0) is 12.8. The van der Waals surface area contributed by atoms with Crippen LogP contribution in [-0.2, 0) is 15.1 Å². The fourth-order valence-corrected chi connectivity index (χ4v) is 3.18. The van der Waals surface area contributed by atoms with E-state index in [2.05, 4.69) is 13.0 Å². The smallest absolute Gasteiger partial charge is 0.167 e. The highest BCUT2D eigenvalue weighted by molar-refractivity contribution is 5.34. The Morgan fingerprint density at radius 3 is 2.89 bits per heavy atom. The Hall–Kier alpha value is -1.06. The largest absolute Gasteiger partial charge is 0.497 e. The molecule has 0 spiro atoms. The normalized spacial score (nSPS) is 38.7. The first-order chi connectivity index (χ1) is 8.56. The maximum Gasteiger partial charge on any atom is 0.167 e. The first kappa shape index (κ1) is 12.0. The molecular weight excluding hydrogens is 228 g/mol. The van der Waals surface area contributed by atoms with Gasteiger partial charge in [0.05, 0.1) is 13.2 Å². The average Bonchev–Trinajstić information content (AvgIpc) is 2.56. The van der Waals surface area contributed by atoms with Gasteiger partial charge in [0.25, 0.3) is 0 Å². The van der Waals surface area contributed by atoms with Gasteiger partial charge in [-0.2, -0.15) is 0 Å². The van der Waals surface area contributed by atoms with Crippen LogP contribution in [0.25, 0.3) is 0 Å². The number of benzene rings is 1. The third kappa shape index (κ3) is 1.73. The number of hydrogen-bond donors (Lipinski definition) is 0. The molecule has 0 unspecified atom stereocenters. The van der Waals surface area contributed by atoms with Crippen LogP contribution in [0.2, 0.25) is 0 Å². The molecule has 0 amide bonds. The zero-order valence-corrected chi connectivity index (χ0v) is 11.2. The Morgan fingerprint density at radius 2 is 2.17 bits per heavy atom. The van der Waals surface area contributed by atoms with Gasteiger partial charge in [-0.3, -0.25) is 0 Å². The Bertz CT molecular complexity index is 459. The molecule has 0 N–H and O–H groups in total. The third-order valence-electron chi connectivity index (χ3n) is 4.17. The summed E-state index contributed by atoms with van der Waals surface area (Å²) in [5, 5.41) is 0. The van der Waals surface area contributed by atoms with E-state index < -0.39 is 5.79 Å². The summed E-state index contributed by atoms with van der Waals surface area (Å²) in [7, 11) is 1.69. The van der Waals surface area contributed by atoms with Gasteiger partial charge in [-0.25, -0.2) is 0 Å². The van der Waals surface area contributed by atoms with E-state index >= 15 is 0 Å². The van der Waals surface area contributed by atoms with Gasteiger partial charge in [-0.05, 0) is 44.4 Å². The van der Waals surface area contributed by atoms with Crippen LogP contribution in [0.3, 0.4) is 0 Å². The molecule has 2 bridgehead atoms. The molecule has 1 aromatic rings. The molecule has 3 heteroatoms. The van der Waals surface area contributed by atoms with Crippen LogP contribution in [-0.4, -0.2) is 19.0 Å². The Labute approximate surface area is 108 Å². The van der Waals surface area contributed by atoms with Crippen LogP contribution in [0.5, 0.6) is 5.75 Å².